The highest BCUT2D eigenvalue weighted by molar-refractivity contribution is 7.07. The summed E-state index contributed by atoms with van der Waals surface area (Å²) >= 11 is 1.50. The summed E-state index contributed by atoms with van der Waals surface area (Å²) in [5, 5.41) is 1.91. The van der Waals surface area contributed by atoms with Crippen LogP contribution in [-0.4, -0.2) is 59.9 Å². The number of methoxy groups -OCH3 is 1. The first-order valence-electron chi connectivity index (χ1n) is 10.5. The van der Waals surface area contributed by atoms with Gasteiger partial charge in [0.1, 0.15) is 12.4 Å². The Labute approximate surface area is 195 Å². The number of benzene rings is 2. The van der Waals surface area contributed by atoms with Gasteiger partial charge in [-0.05, 0) is 35.9 Å². The Kier molecular flexibility index (Phi) is 7.19. The van der Waals surface area contributed by atoms with Crippen molar-refractivity contribution in [2.24, 2.45) is 0 Å². The number of rotatable bonds is 7. The second-order valence-electron chi connectivity index (χ2n) is 7.61. The van der Waals surface area contributed by atoms with E-state index in [9.17, 15) is 14.0 Å². The molecule has 0 N–H and O–H groups in total. The molecule has 0 unspecified atom stereocenters. The Hall–Kier alpha value is -3.46. The zero-order chi connectivity index (χ0) is 23.2. The van der Waals surface area contributed by atoms with E-state index in [4.69, 9.17) is 9.47 Å². The molecule has 2 amide bonds. The van der Waals surface area contributed by atoms with E-state index in [1.807, 2.05) is 5.38 Å². The molecule has 2 heterocycles. The van der Waals surface area contributed by atoms with E-state index in [-0.39, 0.29) is 24.1 Å². The Morgan fingerprint density at radius 2 is 1.76 bits per heavy atom. The molecule has 33 heavy (non-hydrogen) atoms. The molecule has 1 fully saturated rings. The fourth-order valence-corrected chi connectivity index (χ4v) is 4.15. The Bertz CT molecular complexity index is 1100. The van der Waals surface area contributed by atoms with Gasteiger partial charge in [0.2, 0.25) is 5.91 Å². The number of thiazole rings is 1. The number of hydrogen-bond acceptors (Lipinski definition) is 6. The van der Waals surface area contributed by atoms with Gasteiger partial charge in [0.25, 0.3) is 5.91 Å². The van der Waals surface area contributed by atoms with Gasteiger partial charge in [-0.3, -0.25) is 9.59 Å². The predicted octanol–water partition coefficient (Wildman–Crippen LogP) is 3.40. The van der Waals surface area contributed by atoms with Crippen LogP contribution in [0.2, 0.25) is 0 Å². The number of carbonyl (C=O) groups excluding carboxylic acids is 2. The number of aromatic nitrogens is 1. The van der Waals surface area contributed by atoms with E-state index in [1.54, 1.807) is 45.6 Å². The molecular formula is C24H24FN3O4S. The van der Waals surface area contributed by atoms with Crippen LogP contribution >= 0.6 is 11.3 Å². The highest BCUT2D eigenvalue weighted by atomic mass is 32.1. The average molecular weight is 470 g/mol. The molecule has 1 aliphatic heterocycles. The van der Waals surface area contributed by atoms with Crippen molar-refractivity contribution >= 4 is 23.2 Å². The highest BCUT2D eigenvalue weighted by Gasteiger charge is 2.25. The molecule has 9 heteroatoms. The number of piperazine rings is 1. The van der Waals surface area contributed by atoms with Crippen LogP contribution < -0.4 is 9.47 Å². The van der Waals surface area contributed by atoms with Gasteiger partial charge >= 0.3 is 0 Å². The van der Waals surface area contributed by atoms with Gasteiger partial charge < -0.3 is 19.3 Å². The zero-order valence-corrected chi connectivity index (χ0v) is 19.0. The van der Waals surface area contributed by atoms with E-state index in [2.05, 4.69) is 4.98 Å². The third-order valence-electron chi connectivity index (χ3n) is 5.46. The third kappa shape index (κ3) is 5.67. The van der Waals surface area contributed by atoms with Crippen LogP contribution in [-0.2, 0) is 17.8 Å². The summed E-state index contributed by atoms with van der Waals surface area (Å²) in [5.74, 6) is 0.540. The topological polar surface area (TPSA) is 72.0 Å². The van der Waals surface area contributed by atoms with Crippen molar-refractivity contribution in [1.29, 1.82) is 0 Å². The van der Waals surface area contributed by atoms with Crippen molar-refractivity contribution in [1.82, 2.24) is 14.8 Å². The Balaban J connectivity index is 1.33. The molecule has 0 atom stereocenters. The van der Waals surface area contributed by atoms with Gasteiger partial charge in [0, 0.05) is 37.1 Å². The lowest BCUT2D eigenvalue weighted by molar-refractivity contribution is -0.131. The number of ether oxygens (including phenoxy) is 2. The van der Waals surface area contributed by atoms with Gasteiger partial charge in [-0.1, -0.05) is 12.1 Å². The minimum Gasteiger partial charge on any atom is -0.493 e. The van der Waals surface area contributed by atoms with Gasteiger partial charge in [0.15, 0.2) is 11.5 Å². The van der Waals surface area contributed by atoms with Crippen LogP contribution in [0.3, 0.4) is 0 Å². The van der Waals surface area contributed by atoms with Crippen molar-refractivity contribution in [2.45, 2.75) is 13.0 Å². The molecule has 0 aliphatic carbocycles. The van der Waals surface area contributed by atoms with Crippen molar-refractivity contribution in [3.8, 4) is 11.5 Å². The van der Waals surface area contributed by atoms with Gasteiger partial charge in [-0.25, -0.2) is 9.37 Å². The Morgan fingerprint density at radius 1 is 1.03 bits per heavy atom. The van der Waals surface area contributed by atoms with E-state index in [0.717, 1.165) is 11.3 Å². The van der Waals surface area contributed by atoms with Crippen molar-refractivity contribution in [3.63, 3.8) is 0 Å². The standard InChI is InChI=1S/C24H24FN3O4S/c1-31-22-13-18(4-7-21(22)32-14-20-15-33-16-26-20)24(30)28-10-8-27(9-11-28)23(29)12-17-2-5-19(25)6-3-17/h2-7,13,15-16H,8-12,14H2,1H3. The molecule has 0 spiro atoms. The molecule has 0 saturated carbocycles. The highest BCUT2D eigenvalue weighted by Crippen LogP contribution is 2.29. The third-order valence-corrected chi connectivity index (χ3v) is 6.09. The molecule has 172 valence electrons. The first kappa shape index (κ1) is 22.7. The second kappa shape index (κ2) is 10.4. The first-order valence-corrected chi connectivity index (χ1v) is 11.5. The normalized spacial score (nSPS) is 13.6. The summed E-state index contributed by atoms with van der Waals surface area (Å²) in [6.45, 7) is 2.12. The van der Waals surface area contributed by atoms with Gasteiger partial charge in [-0.2, -0.15) is 0 Å². The molecule has 1 saturated heterocycles. The number of halogens is 1. The number of carbonyl (C=O) groups is 2. The number of amides is 2. The van der Waals surface area contributed by atoms with E-state index >= 15 is 0 Å². The molecule has 2 aromatic carbocycles. The van der Waals surface area contributed by atoms with Crippen LogP contribution in [0, 0.1) is 5.82 Å². The molecule has 3 aromatic rings. The van der Waals surface area contributed by atoms with Crippen LogP contribution in [0.1, 0.15) is 21.6 Å². The molecule has 1 aliphatic rings. The monoisotopic (exact) mass is 469 g/mol. The van der Waals surface area contributed by atoms with Crippen LogP contribution in [0.25, 0.3) is 0 Å². The van der Waals surface area contributed by atoms with E-state index in [1.165, 1.54) is 30.6 Å². The summed E-state index contributed by atoms with van der Waals surface area (Å²) < 4.78 is 24.2. The summed E-state index contributed by atoms with van der Waals surface area (Å²) in [7, 11) is 1.53. The van der Waals surface area contributed by atoms with Crippen molar-refractivity contribution in [2.75, 3.05) is 33.3 Å². The lowest BCUT2D eigenvalue weighted by Gasteiger charge is -2.35. The molecular weight excluding hydrogens is 445 g/mol. The number of hydrogen-bond donors (Lipinski definition) is 0. The smallest absolute Gasteiger partial charge is 0.254 e. The summed E-state index contributed by atoms with van der Waals surface area (Å²) in [6, 6.07) is 11.0. The first-order chi connectivity index (χ1) is 16.0. The summed E-state index contributed by atoms with van der Waals surface area (Å²) in [6.07, 6.45) is 0.216. The molecule has 0 bridgehead atoms. The minimum absolute atomic E-state index is 0.0306. The maximum atomic E-state index is 13.1. The summed E-state index contributed by atoms with van der Waals surface area (Å²) in [4.78, 5) is 33.2. The average Bonchev–Trinajstić information content (AvgIpc) is 3.37. The number of nitrogens with zero attached hydrogens (tertiary/aromatic N) is 3. The fraction of sp³-hybridized carbons (Fsp3) is 0.292. The van der Waals surface area contributed by atoms with Crippen LogP contribution in [0.4, 0.5) is 4.39 Å². The summed E-state index contributed by atoms with van der Waals surface area (Å²) in [5.41, 5.74) is 3.84. The van der Waals surface area contributed by atoms with E-state index in [0.29, 0.717) is 49.8 Å². The maximum Gasteiger partial charge on any atom is 0.254 e. The Morgan fingerprint density at radius 3 is 2.42 bits per heavy atom. The van der Waals surface area contributed by atoms with Crippen molar-refractivity contribution < 1.29 is 23.5 Å². The zero-order valence-electron chi connectivity index (χ0n) is 18.2. The molecule has 1 aromatic heterocycles. The van der Waals surface area contributed by atoms with Gasteiger partial charge in [-0.15, -0.1) is 11.3 Å². The minimum atomic E-state index is -0.325. The second-order valence-corrected chi connectivity index (χ2v) is 8.33. The maximum absolute atomic E-state index is 13.1. The van der Waals surface area contributed by atoms with Gasteiger partial charge in [0.05, 0.1) is 24.7 Å². The SMILES string of the molecule is COc1cc(C(=O)N2CCN(C(=O)Cc3ccc(F)cc3)CC2)ccc1OCc1cscn1. The molecule has 0 radical (unpaired) electrons. The predicted molar refractivity (Wildman–Crippen MR) is 122 cm³/mol. The lowest BCUT2D eigenvalue weighted by Crippen LogP contribution is -2.51. The van der Waals surface area contributed by atoms with Crippen LogP contribution in [0.5, 0.6) is 11.5 Å². The van der Waals surface area contributed by atoms with E-state index < -0.39 is 0 Å². The van der Waals surface area contributed by atoms with Crippen LogP contribution in [0.15, 0.2) is 53.4 Å². The quantitative estimate of drug-likeness (QED) is 0.531. The lowest BCUT2D eigenvalue weighted by atomic mass is 10.1. The largest absolute Gasteiger partial charge is 0.493 e. The van der Waals surface area contributed by atoms with Crippen molar-refractivity contribution in [3.05, 3.63) is 76.0 Å². The molecule has 7 nitrogen and oxygen atoms in total. The fourth-order valence-electron chi connectivity index (χ4n) is 3.61. The molecule has 4 rings (SSSR count).